The summed E-state index contributed by atoms with van der Waals surface area (Å²) in [5.41, 5.74) is 8.30. The van der Waals surface area contributed by atoms with Gasteiger partial charge in [0.05, 0.1) is 0 Å². The summed E-state index contributed by atoms with van der Waals surface area (Å²) in [6.07, 6.45) is 2.62. The van der Waals surface area contributed by atoms with Crippen LogP contribution in [0.25, 0.3) is 0 Å². The fraction of sp³-hybridized carbons (Fsp3) is 0.267. The van der Waals surface area contributed by atoms with E-state index in [0.29, 0.717) is 5.82 Å². The van der Waals surface area contributed by atoms with Gasteiger partial charge in [0.2, 0.25) is 0 Å². The fourth-order valence-electron chi connectivity index (χ4n) is 2.16. The molecule has 0 spiro atoms. The molecular formula is C15H18BrN3. The van der Waals surface area contributed by atoms with Crippen LogP contribution < -0.4 is 11.1 Å². The number of nitrogens with one attached hydrogen (secondary N) is 1. The van der Waals surface area contributed by atoms with Gasteiger partial charge in [-0.3, -0.25) is 0 Å². The number of hydrogen-bond donors (Lipinski definition) is 2. The lowest BCUT2D eigenvalue weighted by Crippen LogP contribution is -2.24. The summed E-state index contributed by atoms with van der Waals surface area (Å²) in [4.78, 5) is 4.17. The van der Waals surface area contributed by atoms with E-state index in [2.05, 4.69) is 51.4 Å². The first-order valence-electron chi connectivity index (χ1n) is 6.39. The summed E-state index contributed by atoms with van der Waals surface area (Å²) in [5.74, 6) is 0.600. The molecule has 1 aromatic heterocycles. The Bertz CT molecular complexity index is 542. The smallest absolute Gasteiger partial charge is 0.128 e. The number of rotatable bonds is 5. The summed E-state index contributed by atoms with van der Waals surface area (Å²) in [7, 11) is 0. The van der Waals surface area contributed by atoms with Crippen LogP contribution in [0.3, 0.4) is 0 Å². The molecule has 0 fully saturated rings. The van der Waals surface area contributed by atoms with Crippen LogP contribution in [-0.4, -0.2) is 11.5 Å². The van der Waals surface area contributed by atoms with Crippen LogP contribution in [-0.2, 0) is 6.42 Å². The number of nitrogen functional groups attached to an aromatic ring is 1. The Morgan fingerprint density at radius 1 is 1.32 bits per heavy atom. The van der Waals surface area contributed by atoms with Crippen molar-refractivity contribution in [2.45, 2.75) is 19.4 Å². The lowest BCUT2D eigenvalue weighted by atomic mass is 9.99. The summed E-state index contributed by atoms with van der Waals surface area (Å²) >= 11 is 3.50. The van der Waals surface area contributed by atoms with Crippen molar-refractivity contribution in [1.29, 1.82) is 0 Å². The average Bonchev–Trinajstić information content (AvgIpc) is 2.39. The predicted molar refractivity (Wildman–Crippen MR) is 82.9 cm³/mol. The van der Waals surface area contributed by atoms with E-state index in [1.807, 2.05) is 18.2 Å². The molecule has 0 aliphatic carbocycles. The maximum absolute atomic E-state index is 5.97. The van der Waals surface area contributed by atoms with Crippen molar-refractivity contribution in [2.24, 2.45) is 0 Å². The highest BCUT2D eigenvalue weighted by atomic mass is 79.9. The van der Waals surface area contributed by atoms with Gasteiger partial charge in [0.25, 0.3) is 0 Å². The van der Waals surface area contributed by atoms with Gasteiger partial charge in [-0.25, -0.2) is 4.98 Å². The Morgan fingerprint density at radius 2 is 2.16 bits per heavy atom. The molecule has 0 saturated carbocycles. The molecule has 0 saturated heterocycles. The van der Waals surface area contributed by atoms with E-state index < -0.39 is 0 Å². The number of benzene rings is 1. The molecular weight excluding hydrogens is 302 g/mol. The Labute approximate surface area is 122 Å². The van der Waals surface area contributed by atoms with Gasteiger partial charge in [-0.05, 0) is 36.7 Å². The molecule has 0 aliphatic heterocycles. The normalized spacial score (nSPS) is 12.3. The first-order chi connectivity index (χ1) is 9.20. The van der Waals surface area contributed by atoms with Crippen LogP contribution >= 0.6 is 15.9 Å². The monoisotopic (exact) mass is 319 g/mol. The number of pyridine rings is 1. The highest BCUT2D eigenvalue weighted by Crippen LogP contribution is 2.23. The van der Waals surface area contributed by atoms with Gasteiger partial charge in [-0.15, -0.1) is 0 Å². The van der Waals surface area contributed by atoms with E-state index in [-0.39, 0.29) is 6.04 Å². The molecule has 3 nitrogen and oxygen atoms in total. The predicted octanol–water partition coefficient (Wildman–Crippen LogP) is 3.32. The largest absolute Gasteiger partial charge is 0.383 e. The van der Waals surface area contributed by atoms with Crippen LogP contribution in [0.1, 0.15) is 24.1 Å². The zero-order valence-electron chi connectivity index (χ0n) is 10.9. The SMILES string of the molecule is CCNC(Cc1cccc(Br)c1)c1cccnc1N. The summed E-state index contributed by atoms with van der Waals surface area (Å²) in [5, 5.41) is 3.47. The van der Waals surface area contributed by atoms with Crippen LogP contribution in [0.4, 0.5) is 5.82 Å². The third kappa shape index (κ3) is 3.78. The second-order valence-corrected chi connectivity index (χ2v) is 5.34. The van der Waals surface area contributed by atoms with E-state index in [9.17, 15) is 0 Å². The summed E-state index contributed by atoms with van der Waals surface area (Å²) in [6, 6.07) is 12.5. The standard InChI is InChI=1S/C15H18BrN3/c1-2-18-14(13-7-4-8-19-15(13)17)10-11-5-3-6-12(16)9-11/h3-9,14,18H,2,10H2,1H3,(H2,17,19). The summed E-state index contributed by atoms with van der Waals surface area (Å²) in [6.45, 7) is 2.99. The first-order valence-corrected chi connectivity index (χ1v) is 7.18. The number of anilines is 1. The van der Waals surface area contributed by atoms with E-state index in [1.54, 1.807) is 6.20 Å². The molecule has 19 heavy (non-hydrogen) atoms. The number of hydrogen-bond acceptors (Lipinski definition) is 3. The maximum Gasteiger partial charge on any atom is 0.128 e. The Balaban J connectivity index is 2.24. The van der Waals surface area contributed by atoms with Gasteiger partial charge in [0, 0.05) is 22.3 Å². The molecule has 2 aromatic rings. The van der Waals surface area contributed by atoms with Crippen molar-refractivity contribution < 1.29 is 0 Å². The average molecular weight is 320 g/mol. The van der Waals surface area contributed by atoms with Crippen molar-refractivity contribution in [3.8, 4) is 0 Å². The van der Waals surface area contributed by atoms with Gasteiger partial charge < -0.3 is 11.1 Å². The Kier molecular flexibility index (Phi) is 4.93. The highest BCUT2D eigenvalue weighted by molar-refractivity contribution is 9.10. The number of halogens is 1. The highest BCUT2D eigenvalue weighted by Gasteiger charge is 2.14. The number of nitrogens with two attached hydrogens (primary N) is 1. The molecule has 1 heterocycles. The summed E-state index contributed by atoms with van der Waals surface area (Å²) < 4.78 is 1.10. The van der Waals surface area contributed by atoms with Gasteiger partial charge in [-0.2, -0.15) is 0 Å². The zero-order valence-corrected chi connectivity index (χ0v) is 12.5. The van der Waals surface area contributed by atoms with E-state index in [4.69, 9.17) is 5.73 Å². The first kappa shape index (κ1) is 14.0. The van der Waals surface area contributed by atoms with Crippen LogP contribution in [0.2, 0.25) is 0 Å². The molecule has 1 aromatic carbocycles. The fourth-order valence-corrected chi connectivity index (χ4v) is 2.61. The lowest BCUT2D eigenvalue weighted by molar-refractivity contribution is 0.550. The van der Waals surface area contributed by atoms with Crippen molar-refractivity contribution in [3.05, 3.63) is 58.2 Å². The Hall–Kier alpha value is -1.39. The van der Waals surface area contributed by atoms with E-state index >= 15 is 0 Å². The van der Waals surface area contributed by atoms with E-state index in [0.717, 1.165) is 23.0 Å². The van der Waals surface area contributed by atoms with Crippen LogP contribution in [0.5, 0.6) is 0 Å². The maximum atomic E-state index is 5.97. The lowest BCUT2D eigenvalue weighted by Gasteiger charge is -2.19. The van der Waals surface area contributed by atoms with Crippen molar-refractivity contribution in [2.75, 3.05) is 12.3 Å². The molecule has 0 aliphatic rings. The van der Waals surface area contributed by atoms with Gasteiger partial charge >= 0.3 is 0 Å². The van der Waals surface area contributed by atoms with Gasteiger partial charge in [-0.1, -0.05) is 41.1 Å². The topological polar surface area (TPSA) is 50.9 Å². The number of nitrogens with zero attached hydrogens (tertiary/aromatic N) is 1. The van der Waals surface area contributed by atoms with Crippen molar-refractivity contribution in [1.82, 2.24) is 10.3 Å². The molecule has 3 N–H and O–H groups in total. The molecule has 100 valence electrons. The molecule has 0 bridgehead atoms. The van der Waals surface area contributed by atoms with Crippen molar-refractivity contribution >= 4 is 21.7 Å². The van der Waals surface area contributed by atoms with E-state index in [1.165, 1.54) is 5.56 Å². The minimum Gasteiger partial charge on any atom is -0.383 e. The molecule has 4 heteroatoms. The minimum atomic E-state index is 0.188. The van der Waals surface area contributed by atoms with Gasteiger partial charge in [0.15, 0.2) is 0 Å². The molecule has 0 amide bonds. The van der Waals surface area contributed by atoms with Crippen LogP contribution in [0.15, 0.2) is 47.1 Å². The number of aromatic nitrogens is 1. The quantitative estimate of drug-likeness (QED) is 0.888. The second-order valence-electron chi connectivity index (χ2n) is 4.42. The van der Waals surface area contributed by atoms with Crippen LogP contribution in [0, 0.1) is 0 Å². The van der Waals surface area contributed by atoms with Gasteiger partial charge in [0.1, 0.15) is 5.82 Å². The molecule has 1 atom stereocenters. The third-order valence-electron chi connectivity index (χ3n) is 3.03. The molecule has 0 radical (unpaired) electrons. The third-order valence-corrected chi connectivity index (χ3v) is 3.52. The Morgan fingerprint density at radius 3 is 2.84 bits per heavy atom. The number of likely N-dealkylation sites (N-methyl/N-ethyl adjacent to an activating group) is 1. The zero-order chi connectivity index (χ0) is 13.7. The minimum absolute atomic E-state index is 0.188. The second kappa shape index (κ2) is 6.68. The van der Waals surface area contributed by atoms with Crippen molar-refractivity contribution in [3.63, 3.8) is 0 Å². The molecule has 2 rings (SSSR count). The molecule has 1 unspecified atom stereocenters.